The first-order valence-corrected chi connectivity index (χ1v) is 12.0. The predicted molar refractivity (Wildman–Crippen MR) is 120 cm³/mol. The van der Waals surface area contributed by atoms with Crippen molar-refractivity contribution in [2.24, 2.45) is 46.3 Å². The van der Waals surface area contributed by atoms with Crippen molar-refractivity contribution >= 4 is 17.4 Å². The highest BCUT2D eigenvalue weighted by Crippen LogP contribution is 2.66. The highest BCUT2D eigenvalue weighted by Gasteiger charge is 2.60. The van der Waals surface area contributed by atoms with Gasteiger partial charge in [0, 0.05) is 23.8 Å². The summed E-state index contributed by atoms with van der Waals surface area (Å²) in [4.78, 5) is 25.1. The SMILES string of the molecule is C[C@H](C(=O)NC(C)(C)C)[C@H]1CC[C@H]2[C@@H]3C=CC4C(=N)C(=O)CC[C@]4(C)[C@H]3CC[C@]12C. The molecule has 4 aliphatic carbocycles. The minimum atomic E-state index is -0.194. The summed E-state index contributed by atoms with van der Waals surface area (Å²) in [7, 11) is 0. The van der Waals surface area contributed by atoms with Crippen LogP contribution in [0.1, 0.15) is 80.1 Å². The van der Waals surface area contributed by atoms with E-state index in [1.165, 1.54) is 6.42 Å². The van der Waals surface area contributed by atoms with Crippen LogP contribution in [0.25, 0.3) is 0 Å². The molecule has 1 amide bonds. The molecule has 3 fully saturated rings. The number of ketones is 1. The van der Waals surface area contributed by atoms with Crippen LogP contribution in [-0.4, -0.2) is 22.9 Å². The lowest BCUT2D eigenvalue weighted by Crippen LogP contribution is -2.55. The van der Waals surface area contributed by atoms with Crippen LogP contribution in [-0.2, 0) is 9.59 Å². The van der Waals surface area contributed by atoms with Gasteiger partial charge in [0.1, 0.15) is 0 Å². The van der Waals surface area contributed by atoms with E-state index >= 15 is 0 Å². The number of hydrogen-bond acceptors (Lipinski definition) is 3. The Kier molecular flexibility index (Phi) is 5.10. The van der Waals surface area contributed by atoms with Crippen molar-refractivity contribution in [2.75, 3.05) is 0 Å². The largest absolute Gasteiger partial charge is 0.351 e. The monoisotopic (exact) mass is 412 g/mol. The van der Waals surface area contributed by atoms with Gasteiger partial charge in [-0.25, -0.2) is 0 Å². The molecule has 4 nitrogen and oxygen atoms in total. The van der Waals surface area contributed by atoms with Crippen molar-refractivity contribution in [1.29, 1.82) is 5.41 Å². The van der Waals surface area contributed by atoms with E-state index in [1.807, 2.05) is 0 Å². The van der Waals surface area contributed by atoms with Crippen molar-refractivity contribution in [3.05, 3.63) is 12.2 Å². The van der Waals surface area contributed by atoms with Crippen molar-refractivity contribution in [3.8, 4) is 0 Å². The van der Waals surface area contributed by atoms with Crippen molar-refractivity contribution < 1.29 is 9.59 Å². The van der Waals surface area contributed by atoms with Gasteiger partial charge in [-0.2, -0.15) is 0 Å². The maximum atomic E-state index is 13.0. The van der Waals surface area contributed by atoms with Crippen molar-refractivity contribution in [2.45, 2.75) is 85.6 Å². The van der Waals surface area contributed by atoms with E-state index in [0.717, 1.165) is 25.7 Å². The van der Waals surface area contributed by atoms with Crippen LogP contribution < -0.4 is 5.32 Å². The summed E-state index contributed by atoms with van der Waals surface area (Å²) in [6.45, 7) is 13.1. The average molecular weight is 413 g/mol. The van der Waals surface area contributed by atoms with Gasteiger partial charge in [0.25, 0.3) is 0 Å². The van der Waals surface area contributed by atoms with Gasteiger partial charge in [-0.05, 0) is 87.4 Å². The Morgan fingerprint density at radius 3 is 2.43 bits per heavy atom. The molecule has 0 spiro atoms. The number of allylic oxidation sites excluding steroid dienone is 2. The molecule has 4 heteroatoms. The van der Waals surface area contributed by atoms with Gasteiger partial charge in [0.15, 0.2) is 5.78 Å². The number of amides is 1. The van der Waals surface area contributed by atoms with Gasteiger partial charge in [0.2, 0.25) is 5.91 Å². The average Bonchev–Trinajstić information content (AvgIpc) is 3.00. The van der Waals surface area contributed by atoms with Crippen LogP contribution in [0, 0.1) is 51.7 Å². The van der Waals surface area contributed by atoms with E-state index < -0.39 is 0 Å². The van der Waals surface area contributed by atoms with Gasteiger partial charge >= 0.3 is 0 Å². The molecule has 0 aliphatic heterocycles. The number of Topliss-reactive ketones (excluding diaryl/α,β-unsaturated/α-hetero) is 1. The third-order valence-corrected chi connectivity index (χ3v) is 9.51. The fourth-order valence-corrected chi connectivity index (χ4v) is 7.91. The lowest BCUT2D eigenvalue weighted by Gasteiger charge is -2.58. The molecule has 4 aliphatic rings. The van der Waals surface area contributed by atoms with Crippen LogP contribution in [0.15, 0.2) is 12.2 Å². The van der Waals surface area contributed by atoms with Crippen LogP contribution in [0.2, 0.25) is 0 Å². The maximum Gasteiger partial charge on any atom is 0.223 e. The van der Waals surface area contributed by atoms with E-state index in [9.17, 15) is 9.59 Å². The second kappa shape index (κ2) is 7.03. The molecule has 30 heavy (non-hydrogen) atoms. The summed E-state index contributed by atoms with van der Waals surface area (Å²) in [5.74, 6) is 2.38. The molecule has 0 radical (unpaired) electrons. The first-order valence-electron chi connectivity index (χ1n) is 12.0. The zero-order valence-corrected chi connectivity index (χ0v) is 19.7. The van der Waals surface area contributed by atoms with E-state index in [-0.39, 0.29) is 39.9 Å². The third-order valence-electron chi connectivity index (χ3n) is 9.51. The zero-order chi connectivity index (χ0) is 22.1. The van der Waals surface area contributed by atoms with E-state index in [0.29, 0.717) is 35.8 Å². The smallest absolute Gasteiger partial charge is 0.223 e. The molecule has 2 N–H and O–H groups in total. The van der Waals surface area contributed by atoms with Crippen LogP contribution >= 0.6 is 0 Å². The van der Waals surface area contributed by atoms with Crippen LogP contribution in [0.5, 0.6) is 0 Å². The van der Waals surface area contributed by atoms with Gasteiger partial charge in [-0.1, -0.05) is 32.9 Å². The van der Waals surface area contributed by atoms with Gasteiger partial charge in [0.05, 0.1) is 5.71 Å². The van der Waals surface area contributed by atoms with Crippen molar-refractivity contribution in [1.82, 2.24) is 5.32 Å². The molecular weight excluding hydrogens is 372 g/mol. The number of carbonyl (C=O) groups is 2. The standard InChI is InChI=1S/C26H40N2O2/c1-15(23(30)28-24(2,3)4)17-9-10-18-16-7-8-20-22(27)21(29)12-14-26(20,6)19(16)11-13-25(17,18)5/h7-8,15-20,27H,9-14H2,1-6H3,(H,28,30)/t15-,16-,17+,18-,19-,20?,25+,26+/m0/s1. The zero-order valence-electron chi connectivity index (χ0n) is 19.7. The van der Waals surface area contributed by atoms with Crippen LogP contribution in [0.3, 0.4) is 0 Å². The number of hydrogen-bond donors (Lipinski definition) is 2. The Bertz CT molecular complexity index is 793. The molecule has 0 bridgehead atoms. The number of nitrogens with one attached hydrogen (secondary N) is 2. The Morgan fingerprint density at radius 1 is 1.10 bits per heavy atom. The van der Waals surface area contributed by atoms with Crippen LogP contribution in [0.4, 0.5) is 0 Å². The number of carbonyl (C=O) groups excluding carboxylic acids is 2. The lowest BCUT2D eigenvalue weighted by molar-refractivity contribution is -0.130. The molecule has 8 atom stereocenters. The summed E-state index contributed by atoms with van der Waals surface area (Å²) in [5, 5.41) is 11.6. The van der Waals surface area contributed by atoms with E-state index in [1.54, 1.807) is 0 Å². The molecular formula is C26H40N2O2. The predicted octanol–water partition coefficient (Wildman–Crippen LogP) is 5.17. The highest BCUT2D eigenvalue weighted by atomic mass is 16.2. The quantitative estimate of drug-likeness (QED) is 0.614. The molecule has 4 rings (SSSR count). The highest BCUT2D eigenvalue weighted by molar-refractivity contribution is 6.40. The summed E-state index contributed by atoms with van der Waals surface area (Å²) in [6, 6.07) is 0. The molecule has 3 saturated carbocycles. The number of fused-ring (bicyclic) bond motifs is 5. The molecule has 1 unspecified atom stereocenters. The van der Waals surface area contributed by atoms with Gasteiger partial charge in [-0.15, -0.1) is 0 Å². The van der Waals surface area contributed by atoms with Gasteiger partial charge in [-0.3, -0.25) is 9.59 Å². The summed E-state index contributed by atoms with van der Waals surface area (Å²) in [5.41, 5.74) is 0.379. The fourth-order valence-electron chi connectivity index (χ4n) is 7.91. The second-order valence-electron chi connectivity index (χ2n) is 12.3. The molecule has 0 aromatic carbocycles. The molecule has 0 heterocycles. The minimum absolute atomic E-state index is 0.00181. The molecule has 166 valence electrons. The minimum Gasteiger partial charge on any atom is -0.351 e. The van der Waals surface area contributed by atoms with Crippen molar-refractivity contribution in [3.63, 3.8) is 0 Å². The summed E-state index contributed by atoms with van der Waals surface area (Å²) in [6.07, 6.45) is 10.7. The molecule has 0 saturated heterocycles. The fraction of sp³-hybridized carbons (Fsp3) is 0.808. The normalized spacial score (nSPS) is 44.1. The summed E-state index contributed by atoms with van der Waals surface area (Å²) >= 11 is 0. The Morgan fingerprint density at radius 2 is 1.77 bits per heavy atom. The molecule has 0 aromatic rings. The van der Waals surface area contributed by atoms with Gasteiger partial charge < -0.3 is 10.7 Å². The topological polar surface area (TPSA) is 70.0 Å². The maximum absolute atomic E-state index is 13.0. The Balaban J connectivity index is 1.59. The summed E-state index contributed by atoms with van der Waals surface area (Å²) < 4.78 is 0. The molecule has 0 aromatic heterocycles. The third kappa shape index (κ3) is 3.20. The lowest BCUT2D eigenvalue weighted by atomic mass is 9.46. The Labute approximate surface area is 182 Å². The first kappa shape index (κ1) is 21.8. The second-order valence-corrected chi connectivity index (χ2v) is 12.3. The van der Waals surface area contributed by atoms with E-state index in [2.05, 4.69) is 59.0 Å². The first-order chi connectivity index (χ1) is 13.9. The van der Waals surface area contributed by atoms with E-state index in [4.69, 9.17) is 5.41 Å². The Hall–Kier alpha value is -1.45. The number of rotatable bonds is 2.